The van der Waals surface area contributed by atoms with Crippen LogP contribution < -0.4 is 49.1 Å². The third-order valence-electron chi connectivity index (χ3n) is 6.32. The van der Waals surface area contributed by atoms with Crippen molar-refractivity contribution in [1.29, 1.82) is 0 Å². The van der Waals surface area contributed by atoms with Crippen LogP contribution in [0.4, 0.5) is 0 Å². The van der Waals surface area contributed by atoms with Gasteiger partial charge in [0.1, 0.15) is 17.5 Å². The van der Waals surface area contributed by atoms with E-state index in [2.05, 4.69) is 31.9 Å². The number of nitrogens with one attached hydrogen (secondary N) is 6. The molecular formula is C24H43N9O5. The van der Waals surface area contributed by atoms with Gasteiger partial charge in [-0.3, -0.25) is 20.2 Å². The SMILES string of the molecule is NCC1(NC(=O)CCCC(=O)NC(Cc2ccc(O)cc2)C(=O)O)CNCCNC[C@](N)(CN)NCCN1. The number of aliphatic carboxylic acids is 1. The summed E-state index contributed by atoms with van der Waals surface area (Å²) >= 11 is 0. The van der Waals surface area contributed by atoms with Crippen molar-refractivity contribution in [3.8, 4) is 5.75 Å². The lowest BCUT2D eigenvalue weighted by Crippen LogP contribution is -2.70. The van der Waals surface area contributed by atoms with Crippen molar-refractivity contribution in [2.45, 2.75) is 43.1 Å². The van der Waals surface area contributed by atoms with Gasteiger partial charge in [-0.05, 0) is 24.1 Å². The van der Waals surface area contributed by atoms with E-state index < -0.39 is 29.2 Å². The van der Waals surface area contributed by atoms with Crippen molar-refractivity contribution in [3.63, 3.8) is 0 Å². The molecule has 1 aliphatic heterocycles. The molecule has 1 aromatic rings. The van der Waals surface area contributed by atoms with Crippen molar-refractivity contribution in [2.75, 3.05) is 52.4 Å². The summed E-state index contributed by atoms with van der Waals surface area (Å²) in [6, 6.07) is 4.97. The van der Waals surface area contributed by atoms with Gasteiger partial charge in [-0.1, -0.05) is 12.1 Å². The monoisotopic (exact) mass is 537 g/mol. The lowest BCUT2D eigenvalue weighted by atomic mass is 10.1. The highest BCUT2D eigenvalue weighted by atomic mass is 16.4. The fourth-order valence-corrected chi connectivity index (χ4v) is 4.03. The van der Waals surface area contributed by atoms with Gasteiger partial charge in [0.25, 0.3) is 0 Å². The highest BCUT2D eigenvalue weighted by molar-refractivity contribution is 5.84. The van der Waals surface area contributed by atoms with Crippen LogP contribution in [0.25, 0.3) is 0 Å². The molecule has 0 saturated carbocycles. The molecule has 2 amide bonds. The van der Waals surface area contributed by atoms with Gasteiger partial charge in [0, 0.05) is 71.6 Å². The van der Waals surface area contributed by atoms with E-state index in [4.69, 9.17) is 17.2 Å². The second-order valence-electron chi connectivity index (χ2n) is 9.58. The Kier molecular flexibility index (Phi) is 12.8. The number of carboxylic acid groups (broad SMARTS) is 1. The number of aromatic hydroxyl groups is 1. The zero-order chi connectivity index (χ0) is 28.0. The Hall–Kier alpha value is -2.85. The molecule has 14 nitrogen and oxygen atoms in total. The number of rotatable bonds is 11. The second-order valence-corrected chi connectivity index (χ2v) is 9.58. The van der Waals surface area contributed by atoms with E-state index in [9.17, 15) is 24.6 Å². The van der Waals surface area contributed by atoms with Crippen LogP contribution in [0, 0.1) is 0 Å². The fraction of sp³-hybridized carbons (Fsp3) is 0.625. The number of hydrogen-bond donors (Lipinski definition) is 11. The van der Waals surface area contributed by atoms with Crippen molar-refractivity contribution < 1.29 is 24.6 Å². The van der Waals surface area contributed by atoms with E-state index in [1.54, 1.807) is 12.1 Å². The summed E-state index contributed by atoms with van der Waals surface area (Å²) in [5.74, 6) is -1.85. The standard InChI is InChI=1S/C24H43N9O5/c25-13-23(27)15-28-8-9-29-16-24(14-26,31-11-10-30-23)33-21(36)3-1-2-20(35)32-19(22(37)38)12-17-4-6-18(34)7-5-17/h4-7,19,28-31,34H,1-3,8-16,25-27H2,(H,32,35)(H,33,36)(H,37,38)/t19?,23-,24?/m0/s1. The summed E-state index contributed by atoms with van der Waals surface area (Å²) in [4.78, 5) is 36.7. The van der Waals surface area contributed by atoms with E-state index in [1.807, 2.05) is 0 Å². The van der Waals surface area contributed by atoms with Gasteiger partial charge >= 0.3 is 5.97 Å². The molecule has 0 aromatic heterocycles. The first-order valence-corrected chi connectivity index (χ1v) is 12.8. The predicted octanol–water partition coefficient (Wildman–Crippen LogP) is -3.57. The Morgan fingerprint density at radius 3 is 2.18 bits per heavy atom. The third-order valence-corrected chi connectivity index (χ3v) is 6.32. The average molecular weight is 538 g/mol. The number of carbonyl (C=O) groups is 3. The molecule has 38 heavy (non-hydrogen) atoms. The van der Waals surface area contributed by atoms with Crippen molar-refractivity contribution in [1.82, 2.24) is 31.9 Å². The Morgan fingerprint density at radius 2 is 1.55 bits per heavy atom. The summed E-state index contributed by atoms with van der Waals surface area (Å²) in [5.41, 5.74) is 17.1. The van der Waals surface area contributed by atoms with E-state index in [-0.39, 0.29) is 50.4 Å². The number of carbonyl (C=O) groups excluding carboxylic acids is 2. The lowest BCUT2D eigenvalue weighted by Gasteiger charge is -2.37. The number of phenolic OH excluding ortho intramolecular Hbond substituents is 1. The van der Waals surface area contributed by atoms with Crippen molar-refractivity contribution >= 4 is 17.8 Å². The van der Waals surface area contributed by atoms with Crippen LogP contribution in [0.3, 0.4) is 0 Å². The summed E-state index contributed by atoms with van der Waals surface area (Å²) in [6.07, 6.45) is 0.349. The number of amides is 2. The number of benzene rings is 1. The van der Waals surface area contributed by atoms with Crippen LogP contribution in [-0.2, 0) is 20.8 Å². The lowest BCUT2D eigenvalue weighted by molar-refractivity contribution is -0.141. The largest absolute Gasteiger partial charge is 0.508 e. The molecule has 0 radical (unpaired) electrons. The minimum absolute atomic E-state index is 0.0126. The van der Waals surface area contributed by atoms with E-state index in [1.165, 1.54) is 12.1 Å². The molecule has 1 aliphatic rings. The maximum Gasteiger partial charge on any atom is 0.326 e. The summed E-state index contributed by atoms with van der Waals surface area (Å²) in [5, 5.41) is 37.3. The zero-order valence-corrected chi connectivity index (χ0v) is 21.7. The number of nitrogens with two attached hydrogens (primary N) is 3. The van der Waals surface area contributed by atoms with Crippen LogP contribution in [0.2, 0.25) is 0 Å². The topological polar surface area (TPSA) is 242 Å². The fourth-order valence-electron chi connectivity index (χ4n) is 4.03. The molecule has 2 rings (SSSR count). The first-order valence-electron chi connectivity index (χ1n) is 12.8. The summed E-state index contributed by atoms with van der Waals surface area (Å²) < 4.78 is 0. The Morgan fingerprint density at radius 1 is 0.921 bits per heavy atom. The van der Waals surface area contributed by atoms with Crippen LogP contribution in [-0.4, -0.2) is 97.7 Å². The first kappa shape index (κ1) is 31.4. The molecule has 3 atom stereocenters. The van der Waals surface area contributed by atoms with E-state index >= 15 is 0 Å². The van der Waals surface area contributed by atoms with Crippen LogP contribution in [0.1, 0.15) is 24.8 Å². The molecule has 14 heteroatoms. The number of carboxylic acids is 1. The van der Waals surface area contributed by atoms with Crippen molar-refractivity contribution in [2.24, 2.45) is 17.2 Å². The average Bonchev–Trinajstić information content (AvgIpc) is 2.88. The molecule has 1 fully saturated rings. The normalized spacial score (nSPS) is 23.9. The molecule has 0 bridgehead atoms. The molecule has 14 N–H and O–H groups in total. The maximum absolute atomic E-state index is 12.7. The van der Waals surface area contributed by atoms with Crippen molar-refractivity contribution in [3.05, 3.63) is 29.8 Å². The summed E-state index contributed by atoms with van der Waals surface area (Å²) in [7, 11) is 0. The van der Waals surface area contributed by atoms with Gasteiger partial charge in [0.05, 0.1) is 5.66 Å². The molecule has 2 unspecified atom stereocenters. The zero-order valence-electron chi connectivity index (χ0n) is 21.7. The minimum Gasteiger partial charge on any atom is -0.508 e. The highest BCUT2D eigenvalue weighted by Gasteiger charge is 2.30. The van der Waals surface area contributed by atoms with Gasteiger partial charge in [-0.2, -0.15) is 0 Å². The van der Waals surface area contributed by atoms with Crippen LogP contribution in [0.5, 0.6) is 5.75 Å². The Labute approximate surface area is 222 Å². The van der Waals surface area contributed by atoms with Gasteiger partial charge in [0.2, 0.25) is 11.8 Å². The van der Waals surface area contributed by atoms with E-state index in [0.29, 0.717) is 44.8 Å². The minimum atomic E-state index is -1.17. The van der Waals surface area contributed by atoms with Crippen LogP contribution in [0.15, 0.2) is 24.3 Å². The molecule has 1 heterocycles. The van der Waals surface area contributed by atoms with E-state index in [0.717, 1.165) is 0 Å². The molecular weight excluding hydrogens is 494 g/mol. The molecule has 0 aliphatic carbocycles. The second kappa shape index (κ2) is 15.5. The van der Waals surface area contributed by atoms with Gasteiger partial charge in [-0.25, -0.2) is 4.79 Å². The third kappa shape index (κ3) is 10.9. The molecule has 214 valence electrons. The van der Waals surface area contributed by atoms with Crippen LogP contribution >= 0.6 is 0 Å². The predicted molar refractivity (Wildman–Crippen MR) is 143 cm³/mol. The molecule has 1 saturated heterocycles. The van der Waals surface area contributed by atoms with Gasteiger partial charge < -0.3 is 48.7 Å². The number of phenols is 1. The maximum atomic E-state index is 12.7. The van der Waals surface area contributed by atoms with Gasteiger partial charge in [-0.15, -0.1) is 0 Å². The molecule has 1 aromatic carbocycles. The number of hydrogen-bond acceptors (Lipinski definition) is 11. The Bertz CT molecular complexity index is 904. The summed E-state index contributed by atoms with van der Waals surface area (Å²) in [6.45, 7) is 3.52. The highest BCUT2D eigenvalue weighted by Crippen LogP contribution is 2.12. The quantitative estimate of drug-likeness (QED) is 0.131. The van der Waals surface area contributed by atoms with Gasteiger partial charge in [0.15, 0.2) is 0 Å². The smallest absolute Gasteiger partial charge is 0.326 e. The molecule has 0 spiro atoms. The first-order chi connectivity index (χ1) is 18.1. The Balaban J connectivity index is 1.84.